The predicted octanol–water partition coefficient (Wildman–Crippen LogP) is 4.69. The summed E-state index contributed by atoms with van der Waals surface area (Å²) >= 11 is 0. The van der Waals surface area contributed by atoms with Crippen LogP contribution in [0.5, 0.6) is 0 Å². The Morgan fingerprint density at radius 3 is 2.54 bits per heavy atom. The van der Waals surface area contributed by atoms with Gasteiger partial charge in [0.1, 0.15) is 6.26 Å². The van der Waals surface area contributed by atoms with Crippen molar-refractivity contribution in [2.24, 2.45) is 0 Å². The number of fused-ring (bicyclic) bond motifs is 1. The number of nitrogens with zero attached hydrogens (tertiary/aromatic N) is 1. The zero-order chi connectivity index (χ0) is 19.7. The molecular weight excluding hydrogens is 371 g/mol. The van der Waals surface area contributed by atoms with Crippen molar-refractivity contribution in [1.82, 2.24) is 15.3 Å². The van der Waals surface area contributed by atoms with Crippen LogP contribution in [-0.4, -0.2) is 15.9 Å². The van der Waals surface area contributed by atoms with Crippen LogP contribution in [0, 0.1) is 0 Å². The number of aromatic nitrogens is 2. The van der Waals surface area contributed by atoms with Crippen LogP contribution in [0.3, 0.4) is 0 Å². The lowest BCUT2D eigenvalue weighted by atomic mass is 9.98. The highest BCUT2D eigenvalue weighted by molar-refractivity contribution is 5.94. The first-order valence-electron chi connectivity index (χ1n) is 8.37. The van der Waals surface area contributed by atoms with E-state index in [2.05, 4.69) is 15.3 Å². The second kappa shape index (κ2) is 6.88. The lowest BCUT2D eigenvalue weighted by Gasteiger charge is -2.19. The smallest absolute Gasteiger partial charge is 0.449 e. The number of imidazole rings is 1. The van der Waals surface area contributed by atoms with Gasteiger partial charge in [-0.15, -0.1) is 0 Å². The standard InChI is InChI=1S/C20H14F3N3O2/c21-20(22,23)19-24-15-7-6-13(10-16(15)25-19)17(12-4-2-1-3-5-12)26-18(27)14-8-9-28-11-14/h1-11,17H,(H,24,25)(H,26,27)/t17-/m1/s1. The second-order valence-electron chi connectivity index (χ2n) is 6.19. The van der Waals surface area contributed by atoms with E-state index in [1.807, 2.05) is 30.3 Å². The minimum absolute atomic E-state index is 0.198. The van der Waals surface area contributed by atoms with Crippen molar-refractivity contribution in [2.45, 2.75) is 12.2 Å². The Bertz CT molecular complexity index is 1100. The Morgan fingerprint density at radius 1 is 1.07 bits per heavy atom. The highest BCUT2D eigenvalue weighted by atomic mass is 19.4. The van der Waals surface area contributed by atoms with Crippen LogP contribution in [0.15, 0.2) is 71.5 Å². The molecule has 4 aromatic rings. The van der Waals surface area contributed by atoms with Gasteiger partial charge in [-0.2, -0.15) is 13.2 Å². The average Bonchev–Trinajstić information content (AvgIpc) is 3.35. The number of H-pyrrole nitrogens is 1. The fraction of sp³-hybridized carbons (Fsp3) is 0.100. The minimum Gasteiger partial charge on any atom is -0.472 e. The Balaban J connectivity index is 1.74. The molecule has 0 saturated carbocycles. The van der Waals surface area contributed by atoms with Crippen molar-refractivity contribution in [3.05, 3.63) is 89.6 Å². The van der Waals surface area contributed by atoms with E-state index in [1.165, 1.54) is 24.7 Å². The number of alkyl halides is 3. The molecule has 0 bridgehead atoms. The first kappa shape index (κ1) is 17.8. The third-order valence-electron chi connectivity index (χ3n) is 4.30. The van der Waals surface area contributed by atoms with Gasteiger partial charge < -0.3 is 14.7 Å². The third kappa shape index (κ3) is 3.48. The Labute approximate surface area is 157 Å². The number of furan rings is 1. The fourth-order valence-corrected chi connectivity index (χ4v) is 2.95. The van der Waals surface area contributed by atoms with Crippen molar-refractivity contribution in [1.29, 1.82) is 0 Å². The van der Waals surface area contributed by atoms with E-state index in [0.29, 0.717) is 11.1 Å². The Kier molecular flexibility index (Phi) is 4.38. The number of rotatable bonds is 4. The molecule has 8 heteroatoms. The van der Waals surface area contributed by atoms with Crippen LogP contribution >= 0.6 is 0 Å². The van der Waals surface area contributed by atoms with Gasteiger partial charge in [0.25, 0.3) is 5.91 Å². The maximum Gasteiger partial charge on any atom is 0.449 e. The molecular formula is C20H14F3N3O2. The molecule has 1 atom stereocenters. The highest BCUT2D eigenvalue weighted by Gasteiger charge is 2.34. The zero-order valence-corrected chi connectivity index (χ0v) is 14.3. The third-order valence-corrected chi connectivity index (χ3v) is 4.30. The van der Waals surface area contributed by atoms with E-state index in [1.54, 1.807) is 12.1 Å². The number of carbonyl (C=O) groups is 1. The summed E-state index contributed by atoms with van der Waals surface area (Å²) in [7, 11) is 0. The maximum atomic E-state index is 12.9. The molecule has 4 rings (SSSR count). The summed E-state index contributed by atoms with van der Waals surface area (Å²) in [5.74, 6) is -1.42. The average molecular weight is 385 g/mol. The van der Waals surface area contributed by atoms with Crippen LogP contribution in [0.25, 0.3) is 11.0 Å². The molecule has 28 heavy (non-hydrogen) atoms. The van der Waals surface area contributed by atoms with E-state index < -0.39 is 18.0 Å². The fourth-order valence-electron chi connectivity index (χ4n) is 2.95. The van der Waals surface area contributed by atoms with Gasteiger partial charge in [-0.25, -0.2) is 4.98 Å². The van der Waals surface area contributed by atoms with Gasteiger partial charge in [0.15, 0.2) is 0 Å². The topological polar surface area (TPSA) is 70.9 Å². The van der Waals surface area contributed by atoms with Gasteiger partial charge in [0.05, 0.1) is 28.9 Å². The number of carbonyl (C=O) groups excluding carboxylic acids is 1. The highest BCUT2D eigenvalue weighted by Crippen LogP contribution is 2.30. The van der Waals surface area contributed by atoms with Crippen LogP contribution < -0.4 is 5.32 Å². The number of aromatic amines is 1. The number of hydrogen-bond acceptors (Lipinski definition) is 3. The van der Waals surface area contributed by atoms with Gasteiger partial charge in [-0.1, -0.05) is 36.4 Å². The molecule has 0 fully saturated rings. The molecule has 0 aliphatic heterocycles. The molecule has 1 amide bonds. The summed E-state index contributed by atoms with van der Waals surface area (Å²) in [4.78, 5) is 18.4. The van der Waals surface area contributed by atoms with Crippen LogP contribution in [0.1, 0.15) is 33.4 Å². The minimum atomic E-state index is -4.56. The normalized spacial score (nSPS) is 12.8. The maximum absolute atomic E-state index is 12.9. The molecule has 0 saturated heterocycles. The summed E-state index contributed by atoms with van der Waals surface area (Å²) in [6.07, 6.45) is -1.85. The quantitative estimate of drug-likeness (QED) is 0.535. The first-order chi connectivity index (χ1) is 13.4. The lowest BCUT2D eigenvalue weighted by molar-refractivity contribution is -0.144. The summed E-state index contributed by atoms with van der Waals surface area (Å²) in [5, 5.41) is 2.90. The number of hydrogen-bond donors (Lipinski definition) is 2. The molecule has 0 aliphatic rings. The second-order valence-corrected chi connectivity index (χ2v) is 6.19. The summed E-state index contributed by atoms with van der Waals surface area (Å²) in [5.41, 5.74) is 2.19. The predicted molar refractivity (Wildman–Crippen MR) is 95.6 cm³/mol. The summed E-state index contributed by atoms with van der Waals surface area (Å²) in [6, 6.07) is 14.8. The number of halogens is 3. The molecule has 0 aliphatic carbocycles. The van der Waals surface area contributed by atoms with E-state index in [9.17, 15) is 18.0 Å². The Morgan fingerprint density at radius 2 is 1.86 bits per heavy atom. The van der Waals surface area contributed by atoms with E-state index in [4.69, 9.17) is 4.42 Å². The van der Waals surface area contributed by atoms with Crippen LogP contribution in [0.2, 0.25) is 0 Å². The van der Waals surface area contributed by atoms with Crippen molar-refractivity contribution < 1.29 is 22.4 Å². The number of amides is 1. The summed E-state index contributed by atoms with van der Waals surface area (Å²) < 4.78 is 43.7. The zero-order valence-electron chi connectivity index (χ0n) is 14.3. The molecule has 2 N–H and O–H groups in total. The molecule has 0 radical (unpaired) electrons. The molecule has 2 aromatic heterocycles. The largest absolute Gasteiger partial charge is 0.472 e. The van der Waals surface area contributed by atoms with Crippen LogP contribution in [-0.2, 0) is 6.18 Å². The molecule has 2 heterocycles. The van der Waals surface area contributed by atoms with Gasteiger partial charge >= 0.3 is 6.18 Å². The van der Waals surface area contributed by atoms with Gasteiger partial charge in [0, 0.05) is 0 Å². The molecule has 142 valence electrons. The first-order valence-corrected chi connectivity index (χ1v) is 8.37. The van der Waals surface area contributed by atoms with Crippen LogP contribution in [0.4, 0.5) is 13.2 Å². The van der Waals surface area contributed by atoms with Gasteiger partial charge in [0.2, 0.25) is 5.82 Å². The van der Waals surface area contributed by atoms with Crippen molar-refractivity contribution in [2.75, 3.05) is 0 Å². The SMILES string of the molecule is O=C(N[C@H](c1ccccc1)c1ccc2nc(C(F)(F)F)[nH]c2c1)c1ccoc1. The lowest BCUT2D eigenvalue weighted by Crippen LogP contribution is -2.29. The monoisotopic (exact) mass is 385 g/mol. The van der Waals surface area contributed by atoms with E-state index >= 15 is 0 Å². The number of nitrogens with one attached hydrogen (secondary N) is 2. The summed E-state index contributed by atoms with van der Waals surface area (Å²) in [6.45, 7) is 0. The molecule has 2 aromatic carbocycles. The molecule has 0 unspecified atom stereocenters. The van der Waals surface area contributed by atoms with Crippen molar-refractivity contribution >= 4 is 16.9 Å². The van der Waals surface area contributed by atoms with Gasteiger partial charge in [-0.3, -0.25) is 4.79 Å². The van der Waals surface area contributed by atoms with Gasteiger partial charge in [-0.05, 0) is 29.3 Å². The molecule has 0 spiro atoms. The van der Waals surface area contributed by atoms with E-state index in [-0.39, 0.29) is 16.9 Å². The molecule has 5 nitrogen and oxygen atoms in total. The Hall–Kier alpha value is -3.55. The number of benzene rings is 2. The van der Waals surface area contributed by atoms with Crippen molar-refractivity contribution in [3.63, 3.8) is 0 Å². The van der Waals surface area contributed by atoms with Crippen molar-refractivity contribution in [3.8, 4) is 0 Å². The van der Waals surface area contributed by atoms with E-state index in [0.717, 1.165) is 5.56 Å².